The first-order valence-corrected chi connectivity index (χ1v) is 20.3. The second kappa shape index (κ2) is 15.6. The number of rotatable bonds is 15. The zero-order valence-corrected chi connectivity index (χ0v) is 29.1. The Balaban J connectivity index is 1.66. The molecule has 7 nitrogen and oxygen atoms in total. The summed E-state index contributed by atoms with van der Waals surface area (Å²) in [6.45, 7) is 12.5. The molecule has 0 N–H and O–H groups in total. The van der Waals surface area contributed by atoms with Gasteiger partial charge in [-0.3, -0.25) is 9.59 Å². The van der Waals surface area contributed by atoms with E-state index in [0.29, 0.717) is 44.7 Å². The van der Waals surface area contributed by atoms with Gasteiger partial charge in [0.1, 0.15) is 24.6 Å². The van der Waals surface area contributed by atoms with Crippen LogP contribution < -0.4 is 0 Å². The molecule has 0 saturated heterocycles. The van der Waals surface area contributed by atoms with Crippen molar-refractivity contribution in [2.24, 2.45) is 11.3 Å². The Labute approximate surface area is 266 Å². The molecule has 0 radical (unpaired) electrons. The summed E-state index contributed by atoms with van der Waals surface area (Å²) >= 11 is 3.71. The molecule has 5 atom stereocenters. The highest BCUT2D eigenvalue weighted by Crippen LogP contribution is 2.55. The van der Waals surface area contributed by atoms with E-state index >= 15 is 0 Å². The molecule has 43 heavy (non-hydrogen) atoms. The number of carbonyl (C=O) groups excluding carboxylic acids is 2. The van der Waals surface area contributed by atoms with Crippen molar-refractivity contribution in [1.82, 2.24) is 0 Å². The first-order chi connectivity index (χ1) is 20.6. The number of ether oxygens (including phenoxy) is 5. The summed E-state index contributed by atoms with van der Waals surface area (Å²) in [5.74, 6) is -0.743. The zero-order chi connectivity index (χ0) is 31.0. The number of halogens is 1. The number of aldehydes is 1. The predicted molar refractivity (Wildman–Crippen MR) is 174 cm³/mol. The molecule has 0 aromatic heterocycles. The molecule has 0 spiro atoms. The number of allylic oxidation sites excluding steroid dienone is 1. The van der Waals surface area contributed by atoms with Gasteiger partial charge in [0, 0.05) is 26.2 Å². The highest BCUT2D eigenvalue weighted by Gasteiger charge is 2.61. The van der Waals surface area contributed by atoms with Gasteiger partial charge < -0.3 is 23.7 Å². The molecule has 0 amide bonds. The lowest BCUT2D eigenvalue weighted by atomic mass is 9.55. The van der Waals surface area contributed by atoms with Crippen LogP contribution in [0.25, 0.3) is 0 Å². The van der Waals surface area contributed by atoms with Crippen LogP contribution in [-0.4, -0.2) is 65.3 Å². The number of carbonyl (C=O) groups is 2. The lowest BCUT2D eigenvalue weighted by Crippen LogP contribution is -2.59. The van der Waals surface area contributed by atoms with Crippen molar-refractivity contribution in [1.29, 1.82) is 0 Å². The normalized spacial score (nSPS) is 27.8. The summed E-state index contributed by atoms with van der Waals surface area (Å²) in [5, 5.41) is 0. The van der Waals surface area contributed by atoms with Gasteiger partial charge >= 0.3 is 5.97 Å². The molecule has 0 unspecified atom stereocenters. The average molecular weight is 678 g/mol. The van der Waals surface area contributed by atoms with Crippen molar-refractivity contribution in [2.75, 3.05) is 26.6 Å². The molecular weight excluding hydrogens is 628 g/mol. The highest BCUT2D eigenvalue weighted by molar-refractivity contribution is 9.11. The Morgan fingerprint density at radius 2 is 1.86 bits per heavy atom. The summed E-state index contributed by atoms with van der Waals surface area (Å²) in [5.41, 5.74) is 2.43. The molecule has 9 heteroatoms. The fraction of sp³-hybridized carbons (Fsp3) is 0.647. The smallest absolute Gasteiger partial charge is 0.317 e. The van der Waals surface area contributed by atoms with Gasteiger partial charge in [0.25, 0.3) is 0 Å². The lowest BCUT2D eigenvalue weighted by Gasteiger charge is -2.53. The van der Waals surface area contributed by atoms with Crippen molar-refractivity contribution in [3.8, 4) is 0 Å². The van der Waals surface area contributed by atoms with Crippen LogP contribution >= 0.6 is 15.9 Å². The minimum atomic E-state index is -1.27. The fourth-order valence-electron chi connectivity index (χ4n) is 6.75. The Kier molecular flexibility index (Phi) is 12.4. The van der Waals surface area contributed by atoms with Crippen LogP contribution in [-0.2, 0) is 39.9 Å². The van der Waals surface area contributed by atoms with Gasteiger partial charge in [-0.1, -0.05) is 65.9 Å². The van der Waals surface area contributed by atoms with Crippen molar-refractivity contribution in [3.05, 3.63) is 57.1 Å². The maximum atomic E-state index is 13.9. The maximum absolute atomic E-state index is 13.9. The quantitative estimate of drug-likeness (QED) is 0.0631. The Hall–Kier alpha value is -1.62. The van der Waals surface area contributed by atoms with Crippen LogP contribution in [0.4, 0.5) is 0 Å². The average Bonchev–Trinajstić information content (AvgIpc) is 3.39. The third-order valence-corrected chi connectivity index (χ3v) is 11.8. The van der Waals surface area contributed by atoms with E-state index in [4.69, 9.17) is 23.7 Å². The minimum Gasteiger partial charge on any atom is -0.465 e. The van der Waals surface area contributed by atoms with Gasteiger partial charge in [-0.15, -0.1) is 0 Å². The summed E-state index contributed by atoms with van der Waals surface area (Å²) in [4.78, 5) is 26.8. The third kappa shape index (κ3) is 8.35. The van der Waals surface area contributed by atoms with Crippen molar-refractivity contribution < 1.29 is 33.3 Å². The Morgan fingerprint density at radius 3 is 2.51 bits per heavy atom. The molecule has 0 heterocycles. The number of hydrogen-bond donors (Lipinski definition) is 0. The highest BCUT2D eigenvalue weighted by atomic mass is 79.9. The monoisotopic (exact) mass is 676 g/mol. The molecule has 1 saturated carbocycles. The van der Waals surface area contributed by atoms with Crippen LogP contribution in [0.5, 0.6) is 0 Å². The largest absolute Gasteiger partial charge is 0.465 e. The number of esters is 1. The molecular formula is C34H49BrO7Si. The first-order valence-electron chi connectivity index (χ1n) is 15.8. The molecule has 1 aromatic rings. The van der Waals surface area contributed by atoms with Crippen molar-refractivity contribution in [2.45, 2.75) is 103 Å². The standard InChI is InChI=1S/C34H49BrO7Si/c1-6-39-33(37)34-16-15-27(40-21-25-11-8-7-9-12-25)19-28(34)32(42-23-38-17-18-43(3,4)5)31(24(2)29(34)20-36)41-22-26-13-10-14-30(26)35/h7-9,11-12,20,27-28,31-32H,6,10,13-19,21-23H2,1-5H3/t27-,28+,31-,32+,34+/m0/s1. The van der Waals surface area contributed by atoms with E-state index < -0.39 is 25.7 Å². The maximum Gasteiger partial charge on any atom is 0.317 e. The second-order valence-electron chi connectivity index (χ2n) is 13.3. The topological polar surface area (TPSA) is 80.3 Å². The molecule has 3 aliphatic carbocycles. The van der Waals surface area contributed by atoms with E-state index in [1.54, 1.807) is 6.92 Å². The van der Waals surface area contributed by atoms with E-state index in [0.717, 1.165) is 42.7 Å². The van der Waals surface area contributed by atoms with E-state index in [2.05, 4.69) is 35.6 Å². The van der Waals surface area contributed by atoms with Crippen LogP contribution in [0.2, 0.25) is 25.7 Å². The van der Waals surface area contributed by atoms with Crippen LogP contribution in [0.3, 0.4) is 0 Å². The van der Waals surface area contributed by atoms with Crippen LogP contribution in [0.15, 0.2) is 51.5 Å². The third-order valence-electron chi connectivity index (χ3n) is 9.16. The van der Waals surface area contributed by atoms with Gasteiger partial charge in [0.2, 0.25) is 0 Å². The molecule has 1 aromatic carbocycles. The SMILES string of the molecule is CCOC(=O)[C@]12CC[C@H](OCc3ccccc3)C[C@@H]1[C@@H](OCOCC[Si](C)(C)C)[C@@H](OCC1=C(Br)CCC1)C(C)=C2C=O. The number of benzene rings is 1. The summed E-state index contributed by atoms with van der Waals surface area (Å²) in [6.07, 6.45) is 4.44. The van der Waals surface area contributed by atoms with Crippen molar-refractivity contribution >= 4 is 36.3 Å². The summed E-state index contributed by atoms with van der Waals surface area (Å²) in [7, 11) is -1.27. The van der Waals surface area contributed by atoms with Gasteiger partial charge in [0.15, 0.2) is 0 Å². The van der Waals surface area contributed by atoms with Gasteiger partial charge in [0.05, 0.1) is 32.0 Å². The van der Waals surface area contributed by atoms with E-state index in [1.807, 2.05) is 37.3 Å². The summed E-state index contributed by atoms with van der Waals surface area (Å²) in [6, 6.07) is 11.1. The molecule has 4 rings (SSSR count). The minimum absolute atomic E-state index is 0.0933. The van der Waals surface area contributed by atoms with E-state index in [-0.39, 0.29) is 31.4 Å². The molecule has 1 fully saturated rings. The van der Waals surface area contributed by atoms with E-state index in [9.17, 15) is 9.59 Å². The lowest BCUT2D eigenvalue weighted by molar-refractivity contribution is -0.196. The van der Waals surface area contributed by atoms with Gasteiger partial charge in [-0.05, 0) is 79.6 Å². The molecule has 0 aliphatic heterocycles. The number of fused-ring (bicyclic) bond motifs is 1. The molecule has 3 aliphatic rings. The molecule has 238 valence electrons. The van der Waals surface area contributed by atoms with Gasteiger partial charge in [-0.2, -0.15) is 0 Å². The zero-order valence-electron chi connectivity index (χ0n) is 26.5. The predicted octanol–water partition coefficient (Wildman–Crippen LogP) is 7.37. The second-order valence-corrected chi connectivity index (χ2v) is 19.8. The Bertz CT molecular complexity index is 1160. The van der Waals surface area contributed by atoms with Gasteiger partial charge in [-0.25, -0.2) is 0 Å². The number of hydrogen-bond acceptors (Lipinski definition) is 7. The van der Waals surface area contributed by atoms with Crippen molar-refractivity contribution in [3.63, 3.8) is 0 Å². The molecule has 0 bridgehead atoms. The van der Waals surface area contributed by atoms with E-state index in [1.165, 1.54) is 10.1 Å². The fourth-order valence-corrected chi connectivity index (χ4v) is 8.10. The van der Waals surface area contributed by atoms with Crippen LogP contribution in [0, 0.1) is 11.3 Å². The Morgan fingerprint density at radius 1 is 1.09 bits per heavy atom. The van der Waals surface area contributed by atoms with Crippen LogP contribution in [0.1, 0.15) is 57.9 Å². The first kappa shape index (κ1) is 34.3. The summed E-state index contributed by atoms with van der Waals surface area (Å²) < 4.78 is 32.5.